The number of unbranched alkanes of at least 4 members (excludes halogenated alkanes) is 1. The number of carboxylic acid groups (broad SMARTS) is 2. The molecule has 2 unspecified atom stereocenters. The van der Waals surface area contributed by atoms with E-state index in [1.165, 1.54) is 0 Å². The molecule has 23 heavy (non-hydrogen) atoms. The molecule has 132 valence electrons. The lowest BCUT2D eigenvalue weighted by atomic mass is 10.1. The van der Waals surface area contributed by atoms with E-state index in [0.717, 1.165) is 0 Å². The second-order valence-corrected chi connectivity index (χ2v) is 4.62. The molecule has 0 saturated carbocycles. The predicted octanol–water partition coefficient (Wildman–Crippen LogP) is 0.798. The SMILES string of the molecule is CCC(CCCCOC(=O)NC(CC(=O)O)C(=O)O)O[N+](=O)[O-]. The Morgan fingerprint density at radius 2 is 1.91 bits per heavy atom. The molecule has 0 aromatic carbocycles. The van der Waals surface area contributed by atoms with Crippen molar-refractivity contribution < 1.29 is 39.3 Å². The number of hydrogen-bond acceptors (Lipinski definition) is 7. The van der Waals surface area contributed by atoms with Crippen LogP contribution in [0.5, 0.6) is 0 Å². The maximum absolute atomic E-state index is 11.3. The summed E-state index contributed by atoms with van der Waals surface area (Å²) in [5.41, 5.74) is 0. The summed E-state index contributed by atoms with van der Waals surface area (Å²) in [6, 6.07) is -1.57. The first-order valence-electron chi connectivity index (χ1n) is 6.95. The van der Waals surface area contributed by atoms with Gasteiger partial charge in [0.1, 0.15) is 12.1 Å². The standard InChI is InChI=1S/C12H20N2O9/c1-2-8(23-14(20)21)5-3-4-6-22-12(19)13-9(11(17)18)7-10(15)16/h8-9H,2-7H2,1H3,(H,13,19)(H,15,16)(H,17,18). The van der Waals surface area contributed by atoms with Crippen LogP contribution >= 0.6 is 0 Å². The monoisotopic (exact) mass is 336 g/mol. The van der Waals surface area contributed by atoms with E-state index in [4.69, 9.17) is 14.9 Å². The molecule has 0 bridgehead atoms. The van der Waals surface area contributed by atoms with Crippen molar-refractivity contribution in [2.24, 2.45) is 0 Å². The lowest BCUT2D eigenvalue weighted by Gasteiger charge is -2.13. The third-order valence-electron chi connectivity index (χ3n) is 2.81. The molecule has 0 radical (unpaired) electrons. The Morgan fingerprint density at radius 1 is 1.26 bits per heavy atom. The number of ether oxygens (including phenoxy) is 1. The number of carboxylic acids is 2. The van der Waals surface area contributed by atoms with Crippen LogP contribution in [0.1, 0.15) is 39.0 Å². The Hall–Kier alpha value is -2.59. The number of alkyl carbamates (subject to hydrolysis) is 1. The first-order chi connectivity index (χ1) is 10.8. The van der Waals surface area contributed by atoms with Gasteiger partial charge in [-0.1, -0.05) is 6.92 Å². The highest BCUT2D eigenvalue weighted by Gasteiger charge is 2.23. The van der Waals surface area contributed by atoms with Crippen LogP contribution in [-0.4, -0.2) is 52.1 Å². The number of aliphatic carboxylic acids is 2. The van der Waals surface area contributed by atoms with Crippen LogP contribution in [0.15, 0.2) is 0 Å². The molecule has 0 fully saturated rings. The van der Waals surface area contributed by atoms with Crippen LogP contribution in [0.25, 0.3) is 0 Å². The van der Waals surface area contributed by atoms with Gasteiger partial charge in [0.2, 0.25) is 0 Å². The van der Waals surface area contributed by atoms with Gasteiger partial charge in [0.05, 0.1) is 13.0 Å². The fourth-order valence-corrected chi connectivity index (χ4v) is 1.65. The lowest BCUT2D eigenvalue weighted by Crippen LogP contribution is -2.42. The number of carbonyl (C=O) groups is 3. The molecule has 0 aromatic rings. The van der Waals surface area contributed by atoms with E-state index < -0.39 is 41.7 Å². The molecule has 0 aliphatic heterocycles. The third-order valence-corrected chi connectivity index (χ3v) is 2.81. The highest BCUT2D eigenvalue weighted by molar-refractivity contribution is 5.84. The van der Waals surface area contributed by atoms with Gasteiger partial charge < -0.3 is 25.1 Å². The molecular weight excluding hydrogens is 316 g/mol. The quantitative estimate of drug-likeness (QED) is 0.265. The molecule has 0 aromatic heterocycles. The van der Waals surface area contributed by atoms with Gasteiger partial charge in [-0.15, -0.1) is 10.1 Å². The maximum Gasteiger partial charge on any atom is 0.407 e. The first kappa shape index (κ1) is 20.4. The van der Waals surface area contributed by atoms with Crippen molar-refractivity contribution in [2.45, 2.75) is 51.2 Å². The molecule has 1 amide bonds. The number of rotatable bonds is 12. The summed E-state index contributed by atoms with van der Waals surface area (Å²) in [6.45, 7) is 1.72. The minimum absolute atomic E-state index is 0.0276. The summed E-state index contributed by atoms with van der Waals surface area (Å²) in [5, 5.41) is 28.5. The van der Waals surface area contributed by atoms with Crippen LogP contribution in [0.2, 0.25) is 0 Å². The molecule has 0 aliphatic carbocycles. The average Bonchev–Trinajstić information content (AvgIpc) is 2.43. The normalized spacial score (nSPS) is 12.7. The van der Waals surface area contributed by atoms with Crippen molar-refractivity contribution in [1.82, 2.24) is 5.32 Å². The zero-order valence-corrected chi connectivity index (χ0v) is 12.6. The van der Waals surface area contributed by atoms with E-state index >= 15 is 0 Å². The molecule has 0 saturated heterocycles. The van der Waals surface area contributed by atoms with Crippen LogP contribution in [0.4, 0.5) is 4.79 Å². The van der Waals surface area contributed by atoms with E-state index in [-0.39, 0.29) is 6.61 Å². The summed E-state index contributed by atoms with van der Waals surface area (Å²) >= 11 is 0. The minimum Gasteiger partial charge on any atom is -0.481 e. The van der Waals surface area contributed by atoms with Crippen LogP contribution in [0.3, 0.4) is 0 Å². The van der Waals surface area contributed by atoms with Crippen molar-refractivity contribution in [3.05, 3.63) is 10.1 Å². The number of nitrogens with zero attached hydrogens (tertiary/aromatic N) is 1. The zero-order valence-electron chi connectivity index (χ0n) is 12.6. The Labute approximate surface area is 131 Å². The number of nitrogens with one attached hydrogen (secondary N) is 1. The van der Waals surface area contributed by atoms with Gasteiger partial charge in [-0.25, -0.2) is 9.59 Å². The Balaban J connectivity index is 3.95. The van der Waals surface area contributed by atoms with Gasteiger partial charge in [0.15, 0.2) is 0 Å². The van der Waals surface area contributed by atoms with E-state index in [1.807, 2.05) is 5.32 Å². The first-order valence-corrected chi connectivity index (χ1v) is 6.95. The van der Waals surface area contributed by atoms with Crippen molar-refractivity contribution >= 4 is 18.0 Å². The third kappa shape index (κ3) is 10.7. The average molecular weight is 336 g/mol. The highest BCUT2D eigenvalue weighted by atomic mass is 17.0. The Kier molecular flexibility index (Phi) is 9.80. The van der Waals surface area contributed by atoms with Gasteiger partial charge in [-0.05, 0) is 25.7 Å². The molecule has 0 heterocycles. The molecule has 0 spiro atoms. The van der Waals surface area contributed by atoms with Gasteiger partial charge in [0, 0.05) is 0 Å². The second-order valence-electron chi connectivity index (χ2n) is 4.62. The fourth-order valence-electron chi connectivity index (χ4n) is 1.65. The summed E-state index contributed by atoms with van der Waals surface area (Å²) in [5.74, 6) is -2.85. The van der Waals surface area contributed by atoms with Crippen molar-refractivity contribution in [1.29, 1.82) is 0 Å². The zero-order chi connectivity index (χ0) is 17.8. The fraction of sp³-hybridized carbons (Fsp3) is 0.750. The van der Waals surface area contributed by atoms with Crippen molar-refractivity contribution in [3.63, 3.8) is 0 Å². The highest BCUT2D eigenvalue weighted by Crippen LogP contribution is 2.09. The molecule has 11 heteroatoms. The van der Waals surface area contributed by atoms with Crippen molar-refractivity contribution in [3.8, 4) is 0 Å². The summed E-state index contributed by atoms with van der Waals surface area (Å²) in [6.07, 6.45) is -0.519. The Morgan fingerprint density at radius 3 is 2.39 bits per heavy atom. The van der Waals surface area contributed by atoms with Crippen LogP contribution < -0.4 is 5.32 Å². The van der Waals surface area contributed by atoms with Crippen molar-refractivity contribution in [2.75, 3.05) is 6.61 Å². The number of hydrogen-bond donors (Lipinski definition) is 3. The molecule has 0 aliphatic rings. The summed E-state index contributed by atoms with van der Waals surface area (Å²) in [4.78, 5) is 47.1. The molecular formula is C12H20N2O9. The van der Waals surface area contributed by atoms with E-state index in [9.17, 15) is 24.5 Å². The van der Waals surface area contributed by atoms with E-state index in [2.05, 4.69) is 4.84 Å². The number of amides is 1. The topological polar surface area (TPSA) is 165 Å². The Bertz CT molecular complexity index is 427. The molecule has 2 atom stereocenters. The predicted molar refractivity (Wildman–Crippen MR) is 74.2 cm³/mol. The lowest BCUT2D eigenvalue weighted by molar-refractivity contribution is -0.768. The minimum atomic E-state index is -1.57. The van der Waals surface area contributed by atoms with Gasteiger partial charge in [-0.2, -0.15) is 0 Å². The van der Waals surface area contributed by atoms with E-state index in [0.29, 0.717) is 25.7 Å². The smallest absolute Gasteiger partial charge is 0.407 e. The van der Waals surface area contributed by atoms with Gasteiger partial charge in [0.25, 0.3) is 5.09 Å². The maximum atomic E-state index is 11.3. The molecule has 11 nitrogen and oxygen atoms in total. The van der Waals surface area contributed by atoms with Gasteiger partial charge in [-0.3, -0.25) is 4.79 Å². The summed E-state index contributed by atoms with van der Waals surface area (Å²) in [7, 11) is 0. The van der Waals surface area contributed by atoms with Gasteiger partial charge >= 0.3 is 18.0 Å². The largest absolute Gasteiger partial charge is 0.481 e. The van der Waals surface area contributed by atoms with Crippen LogP contribution in [0, 0.1) is 10.1 Å². The number of carbonyl (C=O) groups excluding carboxylic acids is 1. The second kappa shape index (κ2) is 11.0. The molecule has 3 N–H and O–H groups in total. The molecule has 0 rings (SSSR count). The van der Waals surface area contributed by atoms with Crippen LogP contribution in [-0.2, 0) is 19.2 Å². The summed E-state index contributed by atoms with van der Waals surface area (Å²) < 4.78 is 4.72. The van der Waals surface area contributed by atoms with E-state index in [1.54, 1.807) is 6.92 Å².